The Bertz CT molecular complexity index is 1220. The average Bonchev–Trinajstić information content (AvgIpc) is 3.33. The Hall–Kier alpha value is -4.00. The maximum absolute atomic E-state index is 13.5. The molecule has 7 nitrogen and oxygen atoms in total. The van der Waals surface area contributed by atoms with E-state index in [4.69, 9.17) is 24.0 Å². The van der Waals surface area contributed by atoms with Gasteiger partial charge < -0.3 is 18.9 Å². The van der Waals surface area contributed by atoms with Gasteiger partial charge in [0.25, 0.3) is 6.23 Å². The second kappa shape index (κ2) is 8.50. The van der Waals surface area contributed by atoms with E-state index in [9.17, 15) is 4.79 Å². The van der Waals surface area contributed by atoms with Gasteiger partial charge in [0.1, 0.15) is 11.5 Å². The highest BCUT2D eigenvalue weighted by atomic mass is 16.5. The van der Waals surface area contributed by atoms with E-state index in [1.807, 2.05) is 42.5 Å². The van der Waals surface area contributed by atoms with E-state index < -0.39 is 6.23 Å². The fourth-order valence-corrected chi connectivity index (χ4v) is 4.30. The Kier molecular flexibility index (Phi) is 5.38. The smallest absolute Gasteiger partial charge is 0.251 e. The van der Waals surface area contributed by atoms with E-state index in [0.29, 0.717) is 35.0 Å². The van der Waals surface area contributed by atoms with Gasteiger partial charge in [0.15, 0.2) is 11.5 Å². The first-order chi connectivity index (χ1) is 16.1. The van der Waals surface area contributed by atoms with Gasteiger partial charge in [-0.15, -0.1) is 0 Å². The number of nitrogens with zero attached hydrogens (tertiary/aromatic N) is 2. The Morgan fingerprint density at radius 2 is 1.70 bits per heavy atom. The molecule has 2 heterocycles. The van der Waals surface area contributed by atoms with Crippen LogP contribution in [0.4, 0.5) is 0 Å². The summed E-state index contributed by atoms with van der Waals surface area (Å²) in [6.45, 7) is 0. The lowest BCUT2D eigenvalue weighted by atomic mass is 9.95. The fourth-order valence-electron chi connectivity index (χ4n) is 4.30. The van der Waals surface area contributed by atoms with Gasteiger partial charge in [-0.25, -0.2) is 5.01 Å². The van der Waals surface area contributed by atoms with Gasteiger partial charge >= 0.3 is 0 Å². The number of hydrazone groups is 1. The van der Waals surface area contributed by atoms with Crippen LogP contribution < -0.4 is 18.9 Å². The van der Waals surface area contributed by atoms with Crippen LogP contribution >= 0.6 is 0 Å². The summed E-state index contributed by atoms with van der Waals surface area (Å²) in [7, 11) is 4.81. The van der Waals surface area contributed by atoms with E-state index in [1.165, 1.54) is 0 Å². The molecule has 0 unspecified atom stereocenters. The zero-order chi connectivity index (χ0) is 22.9. The van der Waals surface area contributed by atoms with Crippen molar-refractivity contribution in [3.63, 3.8) is 0 Å². The Morgan fingerprint density at radius 1 is 0.939 bits per heavy atom. The molecule has 2 aliphatic heterocycles. The summed E-state index contributed by atoms with van der Waals surface area (Å²) in [6.07, 6.45) is -0.224. The minimum Gasteiger partial charge on any atom is -0.497 e. The van der Waals surface area contributed by atoms with Gasteiger partial charge in [-0.1, -0.05) is 18.2 Å². The van der Waals surface area contributed by atoms with Crippen LogP contribution in [0.5, 0.6) is 23.0 Å². The van der Waals surface area contributed by atoms with E-state index >= 15 is 0 Å². The van der Waals surface area contributed by atoms with E-state index in [-0.39, 0.29) is 11.8 Å². The summed E-state index contributed by atoms with van der Waals surface area (Å²) < 4.78 is 22.2. The molecule has 0 bridgehead atoms. The summed E-state index contributed by atoms with van der Waals surface area (Å²) in [6, 6.07) is 20.4. The molecule has 0 saturated heterocycles. The zero-order valence-electron chi connectivity index (χ0n) is 18.6. The molecule has 5 rings (SSSR count). The van der Waals surface area contributed by atoms with Crippen molar-refractivity contribution in [3.05, 3.63) is 83.4 Å². The van der Waals surface area contributed by atoms with Gasteiger partial charge in [-0.05, 0) is 48.5 Å². The second-order valence-corrected chi connectivity index (χ2v) is 7.82. The Balaban J connectivity index is 1.53. The van der Waals surface area contributed by atoms with Crippen molar-refractivity contribution in [2.75, 3.05) is 21.3 Å². The minimum absolute atomic E-state index is 0.106. The summed E-state index contributed by atoms with van der Waals surface area (Å²) in [5.41, 5.74) is 3.31. The highest BCUT2D eigenvalue weighted by Crippen LogP contribution is 2.44. The number of carbonyl (C=O) groups is 1. The zero-order valence-corrected chi connectivity index (χ0v) is 18.6. The molecular weight excluding hydrogens is 420 g/mol. The molecule has 0 radical (unpaired) electrons. The number of ketones is 1. The van der Waals surface area contributed by atoms with Crippen LogP contribution in [-0.4, -0.2) is 44.1 Å². The number of methoxy groups -OCH3 is 3. The molecule has 0 amide bonds. The first-order valence-electron chi connectivity index (χ1n) is 10.6. The molecule has 0 spiro atoms. The number of ether oxygens (including phenoxy) is 4. The molecule has 2 atom stereocenters. The molecule has 3 aromatic rings. The van der Waals surface area contributed by atoms with Crippen LogP contribution in [0, 0.1) is 0 Å². The summed E-state index contributed by atoms with van der Waals surface area (Å²) >= 11 is 0. The fraction of sp³-hybridized carbons (Fsp3) is 0.231. The third kappa shape index (κ3) is 3.65. The van der Waals surface area contributed by atoms with Crippen molar-refractivity contribution in [1.82, 2.24) is 5.01 Å². The maximum Gasteiger partial charge on any atom is 0.251 e. The Labute approximate surface area is 192 Å². The molecule has 7 heteroatoms. The van der Waals surface area contributed by atoms with Gasteiger partial charge in [-0.3, -0.25) is 4.79 Å². The molecule has 0 fully saturated rings. The first kappa shape index (κ1) is 20.9. The third-order valence-corrected chi connectivity index (χ3v) is 6.01. The van der Waals surface area contributed by atoms with Crippen molar-refractivity contribution in [2.45, 2.75) is 18.7 Å². The lowest BCUT2D eigenvalue weighted by Crippen LogP contribution is -2.45. The van der Waals surface area contributed by atoms with Crippen molar-refractivity contribution in [3.8, 4) is 23.0 Å². The van der Waals surface area contributed by atoms with E-state index in [2.05, 4.69) is 0 Å². The number of para-hydroxylation sites is 1. The minimum atomic E-state index is -0.865. The Morgan fingerprint density at radius 3 is 2.42 bits per heavy atom. The topological polar surface area (TPSA) is 69.6 Å². The van der Waals surface area contributed by atoms with Crippen LogP contribution in [0.3, 0.4) is 0 Å². The van der Waals surface area contributed by atoms with Crippen LogP contribution in [0.1, 0.15) is 33.9 Å². The van der Waals surface area contributed by atoms with Crippen molar-refractivity contribution < 1.29 is 23.7 Å². The summed E-state index contributed by atoms with van der Waals surface area (Å²) in [5.74, 6) is 2.52. The van der Waals surface area contributed by atoms with Gasteiger partial charge in [0, 0.05) is 23.1 Å². The van der Waals surface area contributed by atoms with Crippen molar-refractivity contribution >= 4 is 11.5 Å². The molecule has 0 N–H and O–H groups in total. The number of hydrogen-bond acceptors (Lipinski definition) is 7. The number of carbonyl (C=O) groups excluding carboxylic acids is 1. The third-order valence-electron chi connectivity index (χ3n) is 6.01. The quantitative estimate of drug-likeness (QED) is 0.523. The van der Waals surface area contributed by atoms with E-state index in [1.54, 1.807) is 50.6 Å². The number of benzene rings is 3. The van der Waals surface area contributed by atoms with Crippen LogP contribution in [-0.2, 0) is 0 Å². The summed E-state index contributed by atoms with van der Waals surface area (Å²) in [4.78, 5) is 13.5. The number of rotatable bonds is 6. The van der Waals surface area contributed by atoms with Gasteiger partial charge in [0.2, 0.25) is 5.78 Å². The number of hydrogen-bond donors (Lipinski definition) is 0. The number of fused-ring (bicyclic) bond motifs is 3. The molecule has 0 saturated carbocycles. The number of Topliss-reactive ketones (excluding diaryl/α,β-unsaturated/α-hetero) is 1. The highest BCUT2D eigenvalue weighted by Gasteiger charge is 2.43. The molecule has 2 aliphatic rings. The van der Waals surface area contributed by atoms with Crippen molar-refractivity contribution in [1.29, 1.82) is 0 Å². The highest BCUT2D eigenvalue weighted by molar-refractivity contribution is 6.04. The lowest BCUT2D eigenvalue weighted by molar-refractivity contribution is -0.00455. The molecule has 0 aromatic heterocycles. The van der Waals surface area contributed by atoms with Gasteiger partial charge in [0.05, 0.1) is 33.1 Å². The molecule has 33 heavy (non-hydrogen) atoms. The monoisotopic (exact) mass is 444 g/mol. The van der Waals surface area contributed by atoms with Crippen LogP contribution in [0.15, 0.2) is 71.8 Å². The second-order valence-electron chi connectivity index (χ2n) is 7.82. The summed E-state index contributed by atoms with van der Waals surface area (Å²) in [5, 5.41) is 6.63. The lowest BCUT2D eigenvalue weighted by Gasteiger charge is -2.37. The average molecular weight is 444 g/mol. The largest absolute Gasteiger partial charge is 0.497 e. The van der Waals surface area contributed by atoms with Crippen LogP contribution in [0.2, 0.25) is 0 Å². The van der Waals surface area contributed by atoms with Gasteiger partial charge in [-0.2, -0.15) is 5.10 Å². The SMILES string of the molecule is COc1ccc(C(=O)[C@@H]2Oc3ccccc3[C@H]3CC(c4ccc(OC)c(OC)c4)=NN32)cc1. The van der Waals surface area contributed by atoms with Crippen molar-refractivity contribution in [2.24, 2.45) is 5.10 Å². The van der Waals surface area contributed by atoms with Crippen LogP contribution in [0.25, 0.3) is 0 Å². The predicted molar refractivity (Wildman–Crippen MR) is 123 cm³/mol. The standard InChI is InChI=1S/C26H24N2O5/c1-30-18-11-8-16(9-12-18)25(29)26-28-21(19-6-4-5-7-22(19)33-26)15-20(27-28)17-10-13-23(31-2)24(14-17)32-3/h4-14,21,26H,15H2,1-3H3/t21-,26+/m1/s1. The molecule has 0 aliphatic carbocycles. The first-order valence-corrected chi connectivity index (χ1v) is 10.6. The maximum atomic E-state index is 13.5. The normalized spacial score (nSPS) is 18.5. The molecule has 168 valence electrons. The molecule has 3 aromatic carbocycles. The molecular formula is C26H24N2O5. The van der Waals surface area contributed by atoms with E-state index in [0.717, 1.165) is 16.8 Å². The predicted octanol–water partition coefficient (Wildman–Crippen LogP) is 4.46.